The van der Waals surface area contributed by atoms with Crippen LogP contribution in [0.1, 0.15) is 36.7 Å². The van der Waals surface area contributed by atoms with Crippen LogP contribution in [0.15, 0.2) is 42.6 Å². The maximum atomic E-state index is 6.31. The summed E-state index contributed by atoms with van der Waals surface area (Å²) in [5.74, 6) is 0.868. The molecule has 20 heavy (non-hydrogen) atoms. The molecular formula is C17H22N2O. The standard InChI is InChI=1S/C17H22N2O/c1-3-13-9-10-14(19-12-13)11-16(18)15-7-5-6-8-17(15)20-4-2/h5-10,12,16H,3-4,11,18H2,1-2H3. The first-order valence-electron chi connectivity index (χ1n) is 7.15. The molecule has 106 valence electrons. The summed E-state index contributed by atoms with van der Waals surface area (Å²) in [6.45, 7) is 4.75. The fourth-order valence-corrected chi connectivity index (χ4v) is 2.19. The summed E-state index contributed by atoms with van der Waals surface area (Å²) in [4.78, 5) is 4.47. The Kier molecular flexibility index (Phi) is 5.13. The van der Waals surface area contributed by atoms with Gasteiger partial charge in [0.2, 0.25) is 0 Å². The predicted octanol–water partition coefficient (Wildman–Crippen LogP) is 3.29. The van der Waals surface area contributed by atoms with Crippen molar-refractivity contribution in [1.29, 1.82) is 0 Å². The topological polar surface area (TPSA) is 48.1 Å². The van der Waals surface area contributed by atoms with Gasteiger partial charge in [-0.2, -0.15) is 0 Å². The van der Waals surface area contributed by atoms with Crippen LogP contribution in [0.25, 0.3) is 0 Å². The molecule has 1 aromatic heterocycles. The fraction of sp³-hybridized carbons (Fsp3) is 0.353. The monoisotopic (exact) mass is 270 g/mol. The fourth-order valence-electron chi connectivity index (χ4n) is 2.19. The molecule has 0 fully saturated rings. The van der Waals surface area contributed by atoms with E-state index in [1.165, 1.54) is 5.56 Å². The minimum atomic E-state index is -0.0993. The average molecular weight is 270 g/mol. The molecule has 0 aliphatic carbocycles. The maximum absolute atomic E-state index is 6.31. The van der Waals surface area contributed by atoms with Gasteiger partial charge in [-0.25, -0.2) is 0 Å². The molecule has 1 unspecified atom stereocenters. The Balaban J connectivity index is 2.12. The maximum Gasteiger partial charge on any atom is 0.124 e. The van der Waals surface area contributed by atoms with Gasteiger partial charge in [0, 0.05) is 29.9 Å². The Morgan fingerprint density at radius 1 is 1.15 bits per heavy atom. The first-order valence-corrected chi connectivity index (χ1v) is 7.15. The van der Waals surface area contributed by atoms with E-state index < -0.39 is 0 Å². The summed E-state index contributed by atoms with van der Waals surface area (Å²) >= 11 is 0. The third-order valence-electron chi connectivity index (χ3n) is 3.34. The van der Waals surface area contributed by atoms with Gasteiger partial charge in [0.15, 0.2) is 0 Å². The highest BCUT2D eigenvalue weighted by Gasteiger charge is 2.12. The number of para-hydroxylation sites is 1. The van der Waals surface area contributed by atoms with Crippen LogP contribution in [-0.2, 0) is 12.8 Å². The molecule has 2 aromatic rings. The molecule has 1 heterocycles. The van der Waals surface area contributed by atoms with Gasteiger partial charge in [-0.1, -0.05) is 31.2 Å². The lowest BCUT2D eigenvalue weighted by atomic mass is 10.0. The number of nitrogens with zero attached hydrogens (tertiary/aromatic N) is 1. The van der Waals surface area contributed by atoms with Crippen molar-refractivity contribution in [2.45, 2.75) is 32.7 Å². The summed E-state index contributed by atoms with van der Waals surface area (Å²) in [6, 6.07) is 12.0. The summed E-state index contributed by atoms with van der Waals surface area (Å²) in [5.41, 5.74) is 9.61. The predicted molar refractivity (Wildman–Crippen MR) is 81.9 cm³/mol. The SMILES string of the molecule is CCOc1ccccc1C(N)Cc1ccc(CC)cn1. The zero-order chi connectivity index (χ0) is 14.4. The Labute approximate surface area is 120 Å². The van der Waals surface area contributed by atoms with Gasteiger partial charge in [0.1, 0.15) is 5.75 Å². The van der Waals surface area contributed by atoms with Gasteiger partial charge < -0.3 is 10.5 Å². The molecular weight excluding hydrogens is 248 g/mol. The number of rotatable bonds is 6. The Morgan fingerprint density at radius 3 is 2.60 bits per heavy atom. The summed E-state index contributed by atoms with van der Waals surface area (Å²) < 4.78 is 5.63. The quantitative estimate of drug-likeness (QED) is 0.876. The van der Waals surface area contributed by atoms with E-state index in [4.69, 9.17) is 10.5 Å². The van der Waals surface area contributed by atoms with Crippen LogP contribution in [0.4, 0.5) is 0 Å². The highest BCUT2D eigenvalue weighted by Crippen LogP contribution is 2.25. The number of benzene rings is 1. The second-order valence-electron chi connectivity index (χ2n) is 4.79. The zero-order valence-electron chi connectivity index (χ0n) is 12.2. The lowest BCUT2D eigenvalue weighted by Gasteiger charge is -2.16. The molecule has 0 aliphatic rings. The molecule has 0 saturated heterocycles. The molecule has 0 radical (unpaired) electrons. The largest absolute Gasteiger partial charge is 0.494 e. The van der Waals surface area contributed by atoms with Crippen LogP contribution in [0.5, 0.6) is 5.75 Å². The molecule has 1 aromatic carbocycles. The Bertz CT molecular complexity index is 537. The van der Waals surface area contributed by atoms with Gasteiger partial charge in [-0.3, -0.25) is 4.98 Å². The third-order valence-corrected chi connectivity index (χ3v) is 3.34. The number of aromatic nitrogens is 1. The first kappa shape index (κ1) is 14.5. The lowest BCUT2D eigenvalue weighted by Crippen LogP contribution is -2.15. The van der Waals surface area contributed by atoms with Crippen molar-refractivity contribution in [2.75, 3.05) is 6.61 Å². The molecule has 0 bridgehead atoms. The highest BCUT2D eigenvalue weighted by molar-refractivity contribution is 5.36. The smallest absolute Gasteiger partial charge is 0.124 e. The zero-order valence-corrected chi connectivity index (χ0v) is 12.2. The van der Waals surface area contributed by atoms with Crippen LogP contribution < -0.4 is 10.5 Å². The molecule has 1 atom stereocenters. The van der Waals surface area contributed by atoms with Crippen LogP contribution in [0, 0.1) is 0 Å². The van der Waals surface area contributed by atoms with E-state index in [-0.39, 0.29) is 6.04 Å². The summed E-state index contributed by atoms with van der Waals surface area (Å²) in [6.07, 6.45) is 3.65. The van der Waals surface area contributed by atoms with Crippen LogP contribution in [0.3, 0.4) is 0 Å². The Morgan fingerprint density at radius 2 is 1.95 bits per heavy atom. The molecule has 0 amide bonds. The number of ether oxygens (including phenoxy) is 1. The van der Waals surface area contributed by atoms with Gasteiger partial charge in [0.05, 0.1) is 6.61 Å². The average Bonchev–Trinajstić information content (AvgIpc) is 2.49. The highest BCUT2D eigenvalue weighted by atomic mass is 16.5. The number of nitrogens with two attached hydrogens (primary N) is 1. The third kappa shape index (κ3) is 3.58. The number of pyridine rings is 1. The van der Waals surface area contributed by atoms with Crippen molar-refractivity contribution in [3.63, 3.8) is 0 Å². The summed E-state index contributed by atoms with van der Waals surface area (Å²) in [5, 5.41) is 0. The van der Waals surface area contributed by atoms with E-state index in [0.29, 0.717) is 13.0 Å². The van der Waals surface area contributed by atoms with Gasteiger partial charge in [-0.15, -0.1) is 0 Å². The summed E-state index contributed by atoms with van der Waals surface area (Å²) in [7, 11) is 0. The van der Waals surface area contributed by atoms with Crippen molar-refractivity contribution in [2.24, 2.45) is 5.73 Å². The van der Waals surface area contributed by atoms with E-state index in [1.807, 2.05) is 37.4 Å². The molecule has 3 nitrogen and oxygen atoms in total. The number of hydrogen-bond donors (Lipinski definition) is 1. The van der Waals surface area contributed by atoms with E-state index in [2.05, 4.69) is 24.0 Å². The van der Waals surface area contributed by atoms with Gasteiger partial charge >= 0.3 is 0 Å². The van der Waals surface area contributed by atoms with E-state index in [9.17, 15) is 0 Å². The van der Waals surface area contributed by atoms with Crippen molar-refractivity contribution in [3.05, 3.63) is 59.4 Å². The second kappa shape index (κ2) is 7.06. The number of hydrogen-bond acceptors (Lipinski definition) is 3. The van der Waals surface area contributed by atoms with Gasteiger partial charge in [0.25, 0.3) is 0 Å². The van der Waals surface area contributed by atoms with Crippen molar-refractivity contribution < 1.29 is 4.74 Å². The van der Waals surface area contributed by atoms with Crippen molar-refractivity contribution in [1.82, 2.24) is 4.98 Å². The Hall–Kier alpha value is -1.87. The van der Waals surface area contributed by atoms with Crippen LogP contribution in [-0.4, -0.2) is 11.6 Å². The molecule has 0 aliphatic heterocycles. The molecule has 0 spiro atoms. The van der Waals surface area contributed by atoms with Crippen molar-refractivity contribution in [3.8, 4) is 5.75 Å². The van der Waals surface area contributed by atoms with Crippen LogP contribution in [0.2, 0.25) is 0 Å². The van der Waals surface area contributed by atoms with E-state index >= 15 is 0 Å². The molecule has 2 rings (SSSR count). The lowest BCUT2D eigenvalue weighted by molar-refractivity contribution is 0.334. The minimum Gasteiger partial charge on any atom is -0.494 e. The molecule has 2 N–H and O–H groups in total. The van der Waals surface area contributed by atoms with Gasteiger partial charge in [-0.05, 0) is 31.0 Å². The van der Waals surface area contributed by atoms with E-state index in [1.54, 1.807) is 0 Å². The van der Waals surface area contributed by atoms with E-state index in [0.717, 1.165) is 23.4 Å². The normalized spacial score (nSPS) is 12.2. The number of aryl methyl sites for hydroxylation is 1. The minimum absolute atomic E-state index is 0.0993. The second-order valence-corrected chi connectivity index (χ2v) is 4.79. The van der Waals surface area contributed by atoms with Crippen LogP contribution >= 0.6 is 0 Å². The molecule has 0 saturated carbocycles. The van der Waals surface area contributed by atoms with Crippen molar-refractivity contribution >= 4 is 0 Å². The first-order chi connectivity index (χ1) is 9.74. The molecule has 3 heteroatoms.